The van der Waals surface area contributed by atoms with Gasteiger partial charge in [0.2, 0.25) is 5.91 Å². The van der Waals surface area contributed by atoms with E-state index < -0.39 is 0 Å². The molecule has 86 valence electrons. The molecule has 0 aliphatic rings. The molecule has 0 saturated carbocycles. The number of hydrogen-bond acceptors (Lipinski definition) is 2. The standard InChI is InChI=1S/C12H22N2O/c1-4-6-11(5-2)14-12(15)8-7-10(3)9-13/h1,10-11H,5-9,13H2,2-3H3,(H,14,15). The van der Waals surface area contributed by atoms with Crippen LogP contribution in [0.15, 0.2) is 0 Å². The molecule has 1 amide bonds. The lowest BCUT2D eigenvalue weighted by Crippen LogP contribution is -2.34. The molecule has 2 unspecified atom stereocenters. The molecule has 0 fully saturated rings. The van der Waals surface area contributed by atoms with Crippen molar-refractivity contribution in [2.24, 2.45) is 11.7 Å². The predicted molar refractivity (Wildman–Crippen MR) is 63.1 cm³/mol. The van der Waals surface area contributed by atoms with Gasteiger partial charge in [0.1, 0.15) is 0 Å². The van der Waals surface area contributed by atoms with Crippen molar-refractivity contribution in [1.29, 1.82) is 0 Å². The van der Waals surface area contributed by atoms with E-state index in [-0.39, 0.29) is 11.9 Å². The first kappa shape index (κ1) is 14.0. The second kappa shape index (κ2) is 8.31. The maximum Gasteiger partial charge on any atom is 0.220 e. The number of nitrogens with two attached hydrogens (primary N) is 1. The van der Waals surface area contributed by atoms with Crippen LogP contribution >= 0.6 is 0 Å². The normalized spacial score (nSPS) is 14.0. The van der Waals surface area contributed by atoms with Gasteiger partial charge in [0.15, 0.2) is 0 Å². The molecule has 0 aliphatic heterocycles. The molecule has 2 atom stereocenters. The Labute approximate surface area is 92.8 Å². The highest BCUT2D eigenvalue weighted by molar-refractivity contribution is 5.76. The van der Waals surface area contributed by atoms with Crippen molar-refractivity contribution in [2.45, 2.75) is 45.6 Å². The van der Waals surface area contributed by atoms with Gasteiger partial charge in [-0.2, -0.15) is 0 Å². The Hall–Kier alpha value is -1.01. The van der Waals surface area contributed by atoms with Crippen molar-refractivity contribution in [3.05, 3.63) is 0 Å². The summed E-state index contributed by atoms with van der Waals surface area (Å²) < 4.78 is 0. The fourth-order valence-electron chi connectivity index (χ4n) is 1.23. The number of nitrogens with one attached hydrogen (secondary N) is 1. The van der Waals surface area contributed by atoms with Gasteiger partial charge in [-0.25, -0.2) is 0 Å². The number of carbonyl (C=O) groups is 1. The summed E-state index contributed by atoms with van der Waals surface area (Å²) in [5.74, 6) is 3.05. The minimum absolute atomic E-state index is 0.0809. The highest BCUT2D eigenvalue weighted by Crippen LogP contribution is 2.04. The highest BCUT2D eigenvalue weighted by Gasteiger charge is 2.10. The molecule has 0 rings (SSSR count). The van der Waals surface area contributed by atoms with E-state index in [1.165, 1.54) is 0 Å². The van der Waals surface area contributed by atoms with Crippen molar-refractivity contribution in [2.75, 3.05) is 6.54 Å². The van der Waals surface area contributed by atoms with Crippen LogP contribution < -0.4 is 11.1 Å². The second-order valence-electron chi connectivity index (χ2n) is 3.96. The maximum absolute atomic E-state index is 11.5. The summed E-state index contributed by atoms with van der Waals surface area (Å²) in [5, 5.41) is 2.92. The van der Waals surface area contributed by atoms with Crippen LogP contribution in [0, 0.1) is 18.3 Å². The van der Waals surface area contributed by atoms with Gasteiger partial charge >= 0.3 is 0 Å². The molecule has 0 aromatic carbocycles. The first-order chi connectivity index (χ1) is 7.13. The van der Waals surface area contributed by atoms with E-state index in [0.29, 0.717) is 25.3 Å². The third-order valence-electron chi connectivity index (χ3n) is 2.49. The zero-order valence-electron chi connectivity index (χ0n) is 9.75. The summed E-state index contributed by atoms with van der Waals surface area (Å²) in [6, 6.07) is 0.121. The van der Waals surface area contributed by atoms with Crippen molar-refractivity contribution in [3.8, 4) is 12.3 Å². The maximum atomic E-state index is 11.5. The average molecular weight is 210 g/mol. The third-order valence-corrected chi connectivity index (χ3v) is 2.49. The average Bonchev–Trinajstić information content (AvgIpc) is 2.25. The lowest BCUT2D eigenvalue weighted by atomic mass is 10.1. The summed E-state index contributed by atoms with van der Waals surface area (Å²) in [7, 11) is 0. The van der Waals surface area contributed by atoms with Gasteiger partial charge in [-0.15, -0.1) is 12.3 Å². The van der Waals surface area contributed by atoms with Crippen LogP contribution in [0.4, 0.5) is 0 Å². The molecule has 0 aromatic heterocycles. The first-order valence-electron chi connectivity index (χ1n) is 5.56. The zero-order chi connectivity index (χ0) is 11.7. The van der Waals surface area contributed by atoms with Crippen LogP contribution in [0.2, 0.25) is 0 Å². The summed E-state index contributed by atoms with van der Waals surface area (Å²) in [5.41, 5.74) is 5.48. The minimum atomic E-state index is 0.0809. The van der Waals surface area contributed by atoms with E-state index >= 15 is 0 Å². The highest BCUT2D eigenvalue weighted by atomic mass is 16.1. The SMILES string of the molecule is C#CCC(CC)NC(=O)CCC(C)CN. The first-order valence-corrected chi connectivity index (χ1v) is 5.56. The Morgan fingerprint density at radius 2 is 2.27 bits per heavy atom. The van der Waals surface area contributed by atoms with Crippen molar-refractivity contribution >= 4 is 5.91 Å². The van der Waals surface area contributed by atoms with E-state index in [9.17, 15) is 4.79 Å². The number of amides is 1. The summed E-state index contributed by atoms with van der Waals surface area (Å²) >= 11 is 0. The molecule has 3 N–H and O–H groups in total. The van der Waals surface area contributed by atoms with Gasteiger partial charge in [0, 0.05) is 18.9 Å². The Kier molecular flexibility index (Phi) is 7.75. The number of terminal acetylenes is 1. The largest absolute Gasteiger partial charge is 0.352 e. The van der Waals surface area contributed by atoms with Gasteiger partial charge in [0.05, 0.1) is 0 Å². The number of carbonyl (C=O) groups excluding carboxylic acids is 1. The quantitative estimate of drug-likeness (QED) is 0.622. The van der Waals surface area contributed by atoms with E-state index in [1.807, 2.05) is 13.8 Å². The molecule has 0 spiro atoms. The van der Waals surface area contributed by atoms with E-state index in [1.54, 1.807) is 0 Å². The molecule has 15 heavy (non-hydrogen) atoms. The minimum Gasteiger partial charge on any atom is -0.352 e. The van der Waals surface area contributed by atoms with Crippen LogP contribution in [0.1, 0.15) is 39.5 Å². The van der Waals surface area contributed by atoms with Crippen LogP contribution in [-0.4, -0.2) is 18.5 Å². The molecular formula is C12H22N2O. The molecule has 0 radical (unpaired) electrons. The summed E-state index contributed by atoms with van der Waals surface area (Å²) in [4.78, 5) is 11.5. The topological polar surface area (TPSA) is 55.1 Å². The van der Waals surface area contributed by atoms with Gasteiger partial charge in [-0.3, -0.25) is 4.79 Å². The lowest BCUT2D eigenvalue weighted by Gasteiger charge is -2.15. The second-order valence-corrected chi connectivity index (χ2v) is 3.96. The van der Waals surface area contributed by atoms with Crippen molar-refractivity contribution in [1.82, 2.24) is 5.32 Å². The molecule has 0 heterocycles. The number of rotatable bonds is 7. The molecule has 0 bridgehead atoms. The van der Waals surface area contributed by atoms with Crippen molar-refractivity contribution < 1.29 is 4.79 Å². The molecular weight excluding hydrogens is 188 g/mol. The molecule has 0 aromatic rings. The van der Waals surface area contributed by atoms with Gasteiger partial charge in [-0.05, 0) is 25.3 Å². The van der Waals surface area contributed by atoms with Gasteiger partial charge in [0.25, 0.3) is 0 Å². The lowest BCUT2D eigenvalue weighted by molar-refractivity contribution is -0.122. The van der Waals surface area contributed by atoms with E-state index in [4.69, 9.17) is 12.2 Å². The van der Waals surface area contributed by atoms with Gasteiger partial charge in [-0.1, -0.05) is 13.8 Å². The summed E-state index contributed by atoms with van der Waals surface area (Å²) in [6.07, 6.45) is 8.07. The Morgan fingerprint density at radius 3 is 2.73 bits per heavy atom. The third kappa shape index (κ3) is 6.98. The van der Waals surface area contributed by atoms with E-state index in [2.05, 4.69) is 11.2 Å². The van der Waals surface area contributed by atoms with Crippen LogP contribution in [-0.2, 0) is 4.79 Å². The summed E-state index contributed by atoms with van der Waals surface area (Å²) in [6.45, 7) is 4.70. The van der Waals surface area contributed by atoms with Crippen LogP contribution in [0.25, 0.3) is 0 Å². The molecule has 3 nitrogen and oxygen atoms in total. The fraction of sp³-hybridized carbons (Fsp3) is 0.750. The molecule has 0 saturated heterocycles. The monoisotopic (exact) mass is 210 g/mol. The predicted octanol–water partition coefficient (Wildman–Crippen LogP) is 1.28. The fourth-order valence-corrected chi connectivity index (χ4v) is 1.23. The molecule has 3 heteroatoms. The van der Waals surface area contributed by atoms with Crippen LogP contribution in [0.5, 0.6) is 0 Å². The van der Waals surface area contributed by atoms with Gasteiger partial charge < -0.3 is 11.1 Å². The Bertz CT molecular complexity index is 220. The Balaban J connectivity index is 3.77. The zero-order valence-corrected chi connectivity index (χ0v) is 9.75. The van der Waals surface area contributed by atoms with Crippen LogP contribution in [0.3, 0.4) is 0 Å². The van der Waals surface area contributed by atoms with Crippen molar-refractivity contribution in [3.63, 3.8) is 0 Å². The van der Waals surface area contributed by atoms with E-state index in [0.717, 1.165) is 12.8 Å². The Morgan fingerprint density at radius 1 is 1.60 bits per heavy atom. The smallest absolute Gasteiger partial charge is 0.220 e. The molecule has 0 aliphatic carbocycles. The number of hydrogen-bond donors (Lipinski definition) is 2.